The van der Waals surface area contributed by atoms with Crippen LogP contribution in [0.3, 0.4) is 0 Å². The maximum absolute atomic E-state index is 13.4. The highest BCUT2D eigenvalue weighted by molar-refractivity contribution is 6.08. The van der Waals surface area contributed by atoms with Crippen molar-refractivity contribution in [1.82, 2.24) is 0 Å². The highest BCUT2D eigenvalue weighted by Gasteiger charge is 2.39. The van der Waals surface area contributed by atoms with Crippen molar-refractivity contribution in [3.8, 4) is 0 Å². The predicted molar refractivity (Wildman–Crippen MR) is 102 cm³/mol. The van der Waals surface area contributed by atoms with Crippen LogP contribution in [0.1, 0.15) is 17.0 Å². The molecule has 3 aromatic carbocycles. The van der Waals surface area contributed by atoms with Crippen LogP contribution in [0.15, 0.2) is 90.0 Å². The van der Waals surface area contributed by atoms with E-state index in [1.54, 1.807) is 12.1 Å². The zero-order valence-corrected chi connectivity index (χ0v) is 14.2. The monoisotopic (exact) mass is 346 g/mol. The molecule has 0 amide bonds. The van der Waals surface area contributed by atoms with Crippen molar-refractivity contribution in [2.45, 2.75) is 12.0 Å². The second-order valence-electron chi connectivity index (χ2n) is 6.31. The van der Waals surface area contributed by atoms with Crippen LogP contribution in [-0.2, 0) is 0 Å². The van der Waals surface area contributed by atoms with E-state index in [1.165, 1.54) is 12.1 Å². The summed E-state index contributed by atoms with van der Waals surface area (Å²) in [6.45, 7) is -0.0588. The summed E-state index contributed by atoms with van der Waals surface area (Å²) in [6.07, 6.45) is 0. The van der Waals surface area contributed by atoms with Crippen LogP contribution in [-0.4, -0.2) is 23.5 Å². The van der Waals surface area contributed by atoms with Crippen molar-refractivity contribution in [1.29, 1.82) is 0 Å². The Morgan fingerprint density at radius 3 is 2.08 bits per heavy atom. The van der Waals surface area contributed by atoms with Gasteiger partial charge < -0.3 is 5.11 Å². The van der Waals surface area contributed by atoms with Gasteiger partial charge in [0.2, 0.25) is 0 Å². The molecule has 3 nitrogen and oxygen atoms in total. The molecule has 0 aromatic heterocycles. The fourth-order valence-electron chi connectivity index (χ4n) is 3.48. The summed E-state index contributed by atoms with van der Waals surface area (Å²) in [6, 6.07) is 25.9. The quantitative estimate of drug-likeness (QED) is 0.769. The van der Waals surface area contributed by atoms with Gasteiger partial charge in [-0.25, -0.2) is 4.39 Å². The van der Waals surface area contributed by atoms with Crippen molar-refractivity contribution < 1.29 is 9.50 Å². The number of nitrogens with zero attached hydrogens (tertiary/aromatic N) is 2. The number of hydrazone groups is 1. The lowest BCUT2D eigenvalue weighted by atomic mass is 9.85. The summed E-state index contributed by atoms with van der Waals surface area (Å²) in [5.74, 6) is -0.423. The summed E-state index contributed by atoms with van der Waals surface area (Å²) >= 11 is 0. The van der Waals surface area contributed by atoms with Crippen LogP contribution in [0.4, 0.5) is 10.1 Å². The number of aliphatic hydroxyl groups excluding tert-OH is 1. The van der Waals surface area contributed by atoms with Crippen molar-refractivity contribution in [3.63, 3.8) is 0 Å². The SMILES string of the molecule is OC[C@@H]1[C@@H](c2ccc(F)cc2)C(c2ccccc2)=NN1c1ccccc1. The fourth-order valence-corrected chi connectivity index (χ4v) is 3.48. The highest BCUT2D eigenvalue weighted by Crippen LogP contribution is 2.37. The molecular formula is C22H19FN2O. The third kappa shape index (κ3) is 3.00. The molecular weight excluding hydrogens is 327 g/mol. The standard InChI is InChI=1S/C22H19FN2O/c23-18-13-11-16(12-14-18)21-20(15-26)25(19-9-5-2-6-10-19)24-22(21)17-7-3-1-4-8-17/h1-14,20-21,26H,15H2/t20-,21-/m1/s1. The van der Waals surface area contributed by atoms with E-state index in [0.717, 1.165) is 22.5 Å². The lowest BCUT2D eigenvalue weighted by Crippen LogP contribution is -2.35. The van der Waals surface area contributed by atoms with Crippen LogP contribution in [0.25, 0.3) is 0 Å². The largest absolute Gasteiger partial charge is 0.394 e. The van der Waals surface area contributed by atoms with Gasteiger partial charge >= 0.3 is 0 Å². The number of aliphatic hydroxyl groups is 1. The Morgan fingerprint density at radius 1 is 0.846 bits per heavy atom. The average Bonchev–Trinajstić information content (AvgIpc) is 3.09. The second kappa shape index (κ2) is 7.10. The lowest BCUT2D eigenvalue weighted by Gasteiger charge is -2.26. The Hall–Kier alpha value is -2.98. The molecule has 26 heavy (non-hydrogen) atoms. The molecule has 130 valence electrons. The number of hydrogen-bond donors (Lipinski definition) is 1. The normalized spacial score (nSPS) is 19.5. The summed E-state index contributed by atoms with van der Waals surface area (Å²) < 4.78 is 13.4. The van der Waals surface area contributed by atoms with Crippen molar-refractivity contribution in [2.24, 2.45) is 5.10 Å². The molecule has 0 saturated heterocycles. The molecule has 1 aliphatic heterocycles. The van der Waals surface area contributed by atoms with Gasteiger partial charge in [-0.3, -0.25) is 5.01 Å². The van der Waals surface area contributed by atoms with E-state index in [0.29, 0.717) is 0 Å². The van der Waals surface area contributed by atoms with Crippen molar-refractivity contribution in [2.75, 3.05) is 11.6 Å². The molecule has 0 unspecified atom stereocenters. The Morgan fingerprint density at radius 2 is 1.46 bits per heavy atom. The topological polar surface area (TPSA) is 35.8 Å². The van der Waals surface area contributed by atoms with Gasteiger partial charge in [-0.1, -0.05) is 60.7 Å². The number of hydrogen-bond acceptors (Lipinski definition) is 3. The third-order valence-electron chi connectivity index (χ3n) is 4.72. The van der Waals surface area contributed by atoms with E-state index in [-0.39, 0.29) is 24.4 Å². The first-order valence-electron chi connectivity index (χ1n) is 8.62. The van der Waals surface area contributed by atoms with Crippen molar-refractivity contribution >= 4 is 11.4 Å². The zero-order chi connectivity index (χ0) is 17.9. The van der Waals surface area contributed by atoms with Crippen LogP contribution < -0.4 is 5.01 Å². The summed E-state index contributed by atoms with van der Waals surface area (Å²) in [5, 5.41) is 16.9. The van der Waals surface area contributed by atoms with Crippen LogP contribution in [0, 0.1) is 5.82 Å². The summed E-state index contributed by atoms with van der Waals surface area (Å²) in [5.41, 5.74) is 3.73. The molecule has 0 aliphatic carbocycles. The van der Waals surface area contributed by atoms with Gasteiger partial charge in [0, 0.05) is 0 Å². The Balaban J connectivity index is 1.84. The van der Waals surface area contributed by atoms with Gasteiger partial charge in [0.05, 0.1) is 30.0 Å². The third-order valence-corrected chi connectivity index (χ3v) is 4.72. The predicted octanol–water partition coefficient (Wildman–Crippen LogP) is 4.19. The minimum Gasteiger partial charge on any atom is -0.394 e. The van der Waals surface area contributed by atoms with Crippen LogP contribution in [0.2, 0.25) is 0 Å². The van der Waals surface area contributed by atoms with E-state index in [1.807, 2.05) is 65.7 Å². The van der Waals surface area contributed by atoms with Gasteiger partial charge in [0.15, 0.2) is 0 Å². The van der Waals surface area contributed by atoms with Gasteiger partial charge in [-0.05, 0) is 35.4 Å². The first kappa shape index (κ1) is 16.5. The molecule has 0 fully saturated rings. The maximum Gasteiger partial charge on any atom is 0.123 e. The smallest absolute Gasteiger partial charge is 0.123 e. The van der Waals surface area contributed by atoms with Crippen molar-refractivity contribution in [3.05, 3.63) is 102 Å². The van der Waals surface area contributed by atoms with Gasteiger partial charge in [-0.2, -0.15) is 5.10 Å². The molecule has 4 heteroatoms. The fraction of sp³-hybridized carbons (Fsp3) is 0.136. The van der Waals surface area contributed by atoms with Crippen LogP contribution in [0.5, 0.6) is 0 Å². The van der Waals surface area contributed by atoms with E-state index in [2.05, 4.69) is 0 Å². The first-order valence-corrected chi connectivity index (χ1v) is 8.62. The molecule has 0 saturated carbocycles. The summed E-state index contributed by atoms with van der Waals surface area (Å²) in [4.78, 5) is 0. The molecule has 0 bridgehead atoms. The molecule has 4 rings (SSSR count). The first-order chi connectivity index (χ1) is 12.8. The molecule has 0 radical (unpaired) electrons. The highest BCUT2D eigenvalue weighted by atomic mass is 19.1. The number of benzene rings is 3. The molecule has 2 atom stereocenters. The van der Waals surface area contributed by atoms with Gasteiger partial charge in [0.1, 0.15) is 5.82 Å². The minimum atomic E-state index is -0.273. The molecule has 0 spiro atoms. The maximum atomic E-state index is 13.4. The van der Waals surface area contributed by atoms with Crippen LogP contribution >= 0.6 is 0 Å². The molecule has 1 aliphatic rings. The van der Waals surface area contributed by atoms with E-state index < -0.39 is 0 Å². The lowest BCUT2D eigenvalue weighted by molar-refractivity contribution is 0.259. The van der Waals surface area contributed by atoms with Gasteiger partial charge in [-0.15, -0.1) is 0 Å². The number of anilines is 1. The molecule has 3 aromatic rings. The number of rotatable bonds is 4. The van der Waals surface area contributed by atoms with E-state index >= 15 is 0 Å². The van der Waals surface area contributed by atoms with E-state index in [4.69, 9.17) is 5.10 Å². The van der Waals surface area contributed by atoms with E-state index in [9.17, 15) is 9.50 Å². The van der Waals surface area contributed by atoms with Gasteiger partial charge in [0.25, 0.3) is 0 Å². The zero-order valence-electron chi connectivity index (χ0n) is 14.2. The average molecular weight is 346 g/mol. The Bertz CT molecular complexity index is 894. The summed E-state index contributed by atoms with van der Waals surface area (Å²) in [7, 11) is 0. The molecule has 1 N–H and O–H groups in total. The number of halogens is 1. The molecule has 1 heterocycles. The Kier molecular flexibility index (Phi) is 4.50. The minimum absolute atomic E-state index is 0.0588. The Labute approximate surface area is 152 Å². The second-order valence-corrected chi connectivity index (χ2v) is 6.31. The number of para-hydroxylation sites is 1.